The van der Waals surface area contributed by atoms with Gasteiger partial charge in [0.05, 0.1) is 5.25 Å². The Hall–Kier alpha value is -2.38. The van der Waals surface area contributed by atoms with E-state index < -0.39 is 21.4 Å². The highest BCUT2D eigenvalue weighted by molar-refractivity contribution is 7.90. The van der Waals surface area contributed by atoms with Crippen LogP contribution in [0, 0.1) is 0 Å². The van der Waals surface area contributed by atoms with E-state index in [0.717, 1.165) is 24.0 Å². The number of piperidine rings is 1. The van der Waals surface area contributed by atoms with Crippen molar-refractivity contribution in [2.45, 2.75) is 43.6 Å². The molecule has 1 aliphatic heterocycles. The molecule has 2 aromatic carbocycles. The highest BCUT2D eigenvalue weighted by Gasteiger charge is 2.36. The van der Waals surface area contributed by atoms with E-state index in [0.29, 0.717) is 19.4 Å². The first-order chi connectivity index (χ1) is 14.0. The summed E-state index contributed by atoms with van der Waals surface area (Å²) in [5.74, 6) is 0. The molecule has 1 fully saturated rings. The molecule has 0 radical (unpaired) electrons. The summed E-state index contributed by atoms with van der Waals surface area (Å²) < 4.78 is 34.3. The third kappa shape index (κ3) is 4.62. The molecule has 0 spiro atoms. The average molecular weight is 415 g/mol. The lowest BCUT2D eigenvalue weighted by atomic mass is 10.1. The summed E-state index contributed by atoms with van der Waals surface area (Å²) in [7, 11) is -3.54. The predicted molar refractivity (Wildman–Crippen MR) is 111 cm³/mol. The molecule has 0 saturated carbocycles. The zero-order chi connectivity index (χ0) is 20.3. The number of hydrogen-bond donors (Lipinski definition) is 1. The number of carbonyl (C=O) groups is 1. The number of likely N-dealkylation sites (tertiary alicyclic amines) is 1. The minimum atomic E-state index is -3.54. The Labute approximate surface area is 171 Å². The van der Waals surface area contributed by atoms with Gasteiger partial charge in [-0.25, -0.2) is 17.9 Å². The number of nitrogens with one attached hydrogen (secondary N) is 1. The van der Waals surface area contributed by atoms with Crippen LogP contribution >= 0.6 is 0 Å². The number of ether oxygens (including phenoxy) is 1. The first-order valence-electron chi connectivity index (χ1n) is 10.1. The summed E-state index contributed by atoms with van der Waals surface area (Å²) in [5.41, 5.74) is 3.17. The standard InChI is InChI=1S/C22H26N2O4S/c25-22(28-16-17-7-2-1-3-8-17)24-14-6-10-19(15-24)29(26,27)23-21-13-12-18-9-4-5-11-20(18)21/h1-5,7-9,11,19,21,23H,6,10,12-16H2/t19-,21-/m1/s1. The van der Waals surface area contributed by atoms with Gasteiger partial charge in [0, 0.05) is 19.1 Å². The molecule has 2 aromatic rings. The van der Waals surface area contributed by atoms with E-state index in [4.69, 9.17) is 4.74 Å². The maximum atomic E-state index is 13.0. The monoisotopic (exact) mass is 414 g/mol. The predicted octanol–water partition coefficient (Wildman–Crippen LogP) is 3.39. The number of sulfonamides is 1. The quantitative estimate of drug-likeness (QED) is 0.814. The van der Waals surface area contributed by atoms with Crippen LogP contribution in [0.15, 0.2) is 54.6 Å². The van der Waals surface area contributed by atoms with Crippen molar-refractivity contribution in [3.05, 3.63) is 71.3 Å². The Morgan fingerprint density at radius 1 is 1.07 bits per heavy atom. The molecule has 2 atom stereocenters. The van der Waals surface area contributed by atoms with Crippen molar-refractivity contribution >= 4 is 16.1 Å². The van der Waals surface area contributed by atoms with Crippen molar-refractivity contribution < 1.29 is 17.9 Å². The third-order valence-corrected chi connectivity index (χ3v) is 7.60. The molecule has 6 nitrogen and oxygen atoms in total. The molecule has 154 valence electrons. The molecule has 1 amide bonds. The number of fused-ring (bicyclic) bond motifs is 1. The molecule has 1 N–H and O–H groups in total. The van der Waals surface area contributed by atoms with Gasteiger partial charge in [-0.2, -0.15) is 0 Å². The van der Waals surface area contributed by atoms with Crippen LogP contribution in [0.3, 0.4) is 0 Å². The minimum absolute atomic E-state index is 0.164. The second-order valence-corrected chi connectivity index (χ2v) is 9.70. The van der Waals surface area contributed by atoms with E-state index in [1.165, 1.54) is 10.5 Å². The van der Waals surface area contributed by atoms with E-state index in [9.17, 15) is 13.2 Å². The fourth-order valence-electron chi connectivity index (χ4n) is 4.14. The molecule has 4 rings (SSSR count). The van der Waals surface area contributed by atoms with Gasteiger partial charge in [-0.15, -0.1) is 0 Å². The highest BCUT2D eigenvalue weighted by Crippen LogP contribution is 2.32. The van der Waals surface area contributed by atoms with Crippen LogP contribution in [0.5, 0.6) is 0 Å². The molecule has 0 bridgehead atoms. The van der Waals surface area contributed by atoms with Gasteiger partial charge in [-0.3, -0.25) is 0 Å². The molecule has 29 heavy (non-hydrogen) atoms. The normalized spacial score (nSPS) is 21.6. The van der Waals surface area contributed by atoms with Gasteiger partial charge in [0.2, 0.25) is 10.0 Å². The molecule has 0 unspecified atom stereocenters. The topological polar surface area (TPSA) is 75.7 Å². The zero-order valence-corrected chi connectivity index (χ0v) is 17.1. The van der Waals surface area contributed by atoms with Gasteiger partial charge in [-0.1, -0.05) is 54.6 Å². The molecule has 2 aliphatic rings. The highest BCUT2D eigenvalue weighted by atomic mass is 32.2. The Balaban J connectivity index is 1.36. The Bertz CT molecular complexity index is 962. The Morgan fingerprint density at radius 3 is 2.66 bits per heavy atom. The van der Waals surface area contributed by atoms with E-state index >= 15 is 0 Å². The maximum Gasteiger partial charge on any atom is 0.410 e. The molecule has 0 aromatic heterocycles. The summed E-state index contributed by atoms with van der Waals surface area (Å²) in [6, 6.07) is 17.2. The lowest BCUT2D eigenvalue weighted by Gasteiger charge is -2.32. The number of amides is 1. The summed E-state index contributed by atoms with van der Waals surface area (Å²) in [6.45, 7) is 0.869. The Kier molecular flexibility index (Phi) is 5.87. The van der Waals surface area contributed by atoms with Crippen LogP contribution in [0.4, 0.5) is 4.79 Å². The van der Waals surface area contributed by atoms with Crippen LogP contribution < -0.4 is 4.72 Å². The number of carbonyl (C=O) groups excluding carboxylic acids is 1. The number of benzene rings is 2. The molecular formula is C22H26N2O4S. The summed E-state index contributed by atoms with van der Waals surface area (Å²) >= 11 is 0. The largest absolute Gasteiger partial charge is 0.445 e. The number of nitrogens with zero attached hydrogens (tertiary/aromatic N) is 1. The van der Waals surface area contributed by atoms with Crippen molar-refractivity contribution in [1.82, 2.24) is 9.62 Å². The van der Waals surface area contributed by atoms with Crippen molar-refractivity contribution in [2.75, 3.05) is 13.1 Å². The van der Waals surface area contributed by atoms with Crippen molar-refractivity contribution in [1.29, 1.82) is 0 Å². The smallest absolute Gasteiger partial charge is 0.410 e. The first-order valence-corrected chi connectivity index (χ1v) is 11.6. The van der Waals surface area contributed by atoms with E-state index in [1.54, 1.807) is 0 Å². The second kappa shape index (κ2) is 8.55. The van der Waals surface area contributed by atoms with E-state index in [-0.39, 0.29) is 19.2 Å². The van der Waals surface area contributed by atoms with Gasteiger partial charge < -0.3 is 9.64 Å². The van der Waals surface area contributed by atoms with Crippen molar-refractivity contribution in [3.63, 3.8) is 0 Å². The molecule has 1 saturated heterocycles. The number of hydrogen-bond acceptors (Lipinski definition) is 4. The molecule has 7 heteroatoms. The molecule has 1 heterocycles. The van der Waals surface area contributed by atoms with Crippen LogP contribution in [0.25, 0.3) is 0 Å². The minimum Gasteiger partial charge on any atom is -0.445 e. The average Bonchev–Trinajstić information content (AvgIpc) is 3.15. The summed E-state index contributed by atoms with van der Waals surface area (Å²) in [4.78, 5) is 14.0. The van der Waals surface area contributed by atoms with Gasteiger partial charge in [-0.05, 0) is 42.4 Å². The van der Waals surface area contributed by atoms with Gasteiger partial charge in [0.25, 0.3) is 0 Å². The molecular weight excluding hydrogens is 388 g/mol. The second-order valence-electron chi connectivity index (χ2n) is 7.70. The van der Waals surface area contributed by atoms with E-state index in [1.807, 2.05) is 48.5 Å². The summed E-state index contributed by atoms with van der Waals surface area (Å²) in [6.07, 6.45) is 2.39. The van der Waals surface area contributed by atoms with Gasteiger partial charge in [0.15, 0.2) is 0 Å². The first kappa shape index (κ1) is 19.9. The SMILES string of the molecule is O=C(OCc1ccccc1)N1CCC[C@@H](S(=O)(=O)N[C@@H]2CCc3ccccc32)C1. The van der Waals surface area contributed by atoms with Crippen LogP contribution in [0.2, 0.25) is 0 Å². The van der Waals surface area contributed by atoms with Crippen molar-refractivity contribution in [3.8, 4) is 0 Å². The fraction of sp³-hybridized carbons (Fsp3) is 0.409. The lowest BCUT2D eigenvalue weighted by Crippen LogP contribution is -2.48. The number of rotatable bonds is 5. The van der Waals surface area contributed by atoms with E-state index in [2.05, 4.69) is 10.8 Å². The maximum absolute atomic E-state index is 13.0. The number of aryl methyl sites for hydroxylation is 1. The lowest BCUT2D eigenvalue weighted by molar-refractivity contribution is 0.0899. The van der Waals surface area contributed by atoms with Gasteiger partial charge >= 0.3 is 6.09 Å². The fourth-order valence-corrected chi connectivity index (χ4v) is 5.83. The van der Waals surface area contributed by atoms with Crippen LogP contribution in [-0.4, -0.2) is 37.8 Å². The van der Waals surface area contributed by atoms with Gasteiger partial charge in [0.1, 0.15) is 6.61 Å². The zero-order valence-electron chi connectivity index (χ0n) is 16.3. The third-order valence-electron chi connectivity index (χ3n) is 5.72. The molecule has 1 aliphatic carbocycles. The van der Waals surface area contributed by atoms with Crippen LogP contribution in [0.1, 0.15) is 42.0 Å². The Morgan fingerprint density at radius 2 is 1.83 bits per heavy atom. The van der Waals surface area contributed by atoms with Crippen molar-refractivity contribution in [2.24, 2.45) is 0 Å². The summed E-state index contributed by atoms with van der Waals surface area (Å²) in [5, 5.41) is -0.617. The van der Waals surface area contributed by atoms with Crippen LogP contribution in [-0.2, 0) is 27.8 Å².